The number of nitrogens with zero attached hydrogens (tertiary/aromatic N) is 6. The highest BCUT2D eigenvalue weighted by Gasteiger charge is 2.29. The number of aromatic nitrogens is 6. The van der Waals surface area contributed by atoms with Gasteiger partial charge in [0.15, 0.2) is 5.65 Å². The standard InChI is InChI=1S/C19H26N8O2/c1-2-29-15-3-6-26(11-15)17-16(13-9-21-22-10-13)20-12-27-18(17)24-19(25-27)23-14-4-7-28-8-5-14/h9-10,12,14-15H,2-8,11H2,1H3,(H,21,22)(H,23,25). The van der Waals surface area contributed by atoms with Crippen LogP contribution in [0.4, 0.5) is 11.6 Å². The molecule has 0 bridgehead atoms. The van der Waals surface area contributed by atoms with Gasteiger partial charge < -0.3 is 19.7 Å². The highest BCUT2D eigenvalue weighted by Crippen LogP contribution is 2.34. The minimum Gasteiger partial charge on any atom is -0.381 e. The monoisotopic (exact) mass is 398 g/mol. The van der Waals surface area contributed by atoms with Crippen molar-refractivity contribution < 1.29 is 9.47 Å². The van der Waals surface area contributed by atoms with Crippen molar-refractivity contribution in [3.05, 3.63) is 18.7 Å². The summed E-state index contributed by atoms with van der Waals surface area (Å²) in [6.07, 6.45) is 8.50. The number of rotatable bonds is 6. The quantitative estimate of drug-likeness (QED) is 0.647. The van der Waals surface area contributed by atoms with Crippen molar-refractivity contribution in [2.45, 2.75) is 38.3 Å². The van der Waals surface area contributed by atoms with E-state index in [4.69, 9.17) is 19.4 Å². The normalized spacial score (nSPS) is 20.6. The van der Waals surface area contributed by atoms with Gasteiger partial charge in [-0.05, 0) is 26.2 Å². The van der Waals surface area contributed by atoms with E-state index in [2.05, 4.69) is 25.5 Å². The Morgan fingerprint density at radius 2 is 2.21 bits per heavy atom. The molecule has 5 rings (SSSR count). The second-order valence-corrected chi connectivity index (χ2v) is 7.48. The van der Waals surface area contributed by atoms with Crippen molar-refractivity contribution >= 4 is 17.3 Å². The molecule has 2 fully saturated rings. The smallest absolute Gasteiger partial charge is 0.243 e. The SMILES string of the molecule is CCOC1CCN(c2c(-c3cn[nH]c3)ncn3nc(NC4CCOCC4)nc23)C1. The molecule has 10 heteroatoms. The number of aromatic amines is 1. The lowest BCUT2D eigenvalue weighted by Gasteiger charge is -2.22. The summed E-state index contributed by atoms with van der Waals surface area (Å²) in [6, 6.07) is 0.333. The van der Waals surface area contributed by atoms with Gasteiger partial charge in [0.2, 0.25) is 5.95 Å². The Labute approximate surface area is 168 Å². The van der Waals surface area contributed by atoms with Crippen molar-refractivity contribution in [2.24, 2.45) is 0 Å². The number of hydrogen-bond acceptors (Lipinski definition) is 8. The summed E-state index contributed by atoms with van der Waals surface area (Å²) >= 11 is 0. The summed E-state index contributed by atoms with van der Waals surface area (Å²) in [4.78, 5) is 11.8. The van der Waals surface area contributed by atoms with Gasteiger partial charge >= 0.3 is 0 Å². The first kappa shape index (κ1) is 18.3. The van der Waals surface area contributed by atoms with Gasteiger partial charge in [-0.3, -0.25) is 5.10 Å². The molecule has 154 valence electrons. The zero-order valence-electron chi connectivity index (χ0n) is 16.5. The molecular formula is C19H26N8O2. The molecule has 3 aromatic rings. The van der Waals surface area contributed by atoms with Gasteiger partial charge in [-0.2, -0.15) is 14.6 Å². The molecule has 2 saturated heterocycles. The van der Waals surface area contributed by atoms with Crippen LogP contribution in [-0.2, 0) is 9.47 Å². The van der Waals surface area contributed by atoms with Gasteiger partial charge in [-0.1, -0.05) is 0 Å². The first-order chi connectivity index (χ1) is 14.3. The highest BCUT2D eigenvalue weighted by molar-refractivity contribution is 5.85. The average molecular weight is 398 g/mol. The molecular weight excluding hydrogens is 372 g/mol. The van der Waals surface area contributed by atoms with Gasteiger partial charge in [0.1, 0.15) is 17.7 Å². The molecule has 0 aliphatic carbocycles. The Kier molecular flexibility index (Phi) is 5.03. The second-order valence-electron chi connectivity index (χ2n) is 7.48. The van der Waals surface area contributed by atoms with Crippen molar-refractivity contribution in [1.29, 1.82) is 0 Å². The summed E-state index contributed by atoms with van der Waals surface area (Å²) in [6.45, 7) is 6.01. The van der Waals surface area contributed by atoms with Crippen LogP contribution in [0.3, 0.4) is 0 Å². The van der Waals surface area contributed by atoms with Crippen LogP contribution < -0.4 is 10.2 Å². The second kappa shape index (κ2) is 7.96. The summed E-state index contributed by atoms with van der Waals surface area (Å²) in [5.74, 6) is 0.629. The number of nitrogens with one attached hydrogen (secondary N) is 2. The molecule has 0 radical (unpaired) electrons. The average Bonchev–Trinajstić information content (AvgIpc) is 3.49. The number of anilines is 2. The third kappa shape index (κ3) is 3.65. The molecule has 1 atom stereocenters. The summed E-state index contributed by atoms with van der Waals surface area (Å²) in [5.41, 5.74) is 3.56. The molecule has 2 N–H and O–H groups in total. The fourth-order valence-electron chi connectivity index (χ4n) is 4.12. The fraction of sp³-hybridized carbons (Fsp3) is 0.579. The van der Waals surface area contributed by atoms with Gasteiger partial charge in [-0.25, -0.2) is 4.98 Å². The number of hydrogen-bond donors (Lipinski definition) is 2. The first-order valence-corrected chi connectivity index (χ1v) is 10.3. The van der Waals surface area contributed by atoms with E-state index >= 15 is 0 Å². The van der Waals surface area contributed by atoms with E-state index in [1.165, 1.54) is 0 Å². The van der Waals surface area contributed by atoms with Crippen LogP contribution in [0, 0.1) is 0 Å². The molecule has 29 heavy (non-hydrogen) atoms. The van der Waals surface area contributed by atoms with Gasteiger partial charge in [0.05, 0.1) is 12.3 Å². The Bertz CT molecular complexity index is 951. The van der Waals surface area contributed by atoms with E-state index in [1.54, 1.807) is 17.0 Å². The van der Waals surface area contributed by atoms with Crippen LogP contribution in [0.1, 0.15) is 26.2 Å². The van der Waals surface area contributed by atoms with Crippen molar-refractivity contribution in [2.75, 3.05) is 43.1 Å². The molecule has 3 aromatic heterocycles. The predicted molar refractivity (Wildman–Crippen MR) is 108 cm³/mol. The molecule has 0 saturated carbocycles. The molecule has 2 aliphatic rings. The molecule has 0 aromatic carbocycles. The topological polar surface area (TPSA) is 105 Å². The van der Waals surface area contributed by atoms with Crippen LogP contribution in [0.25, 0.3) is 16.9 Å². The number of H-pyrrole nitrogens is 1. The van der Waals surface area contributed by atoms with E-state index in [9.17, 15) is 0 Å². The Balaban J connectivity index is 1.52. The summed E-state index contributed by atoms with van der Waals surface area (Å²) in [7, 11) is 0. The van der Waals surface area contributed by atoms with Crippen LogP contribution in [0.5, 0.6) is 0 Å². The minimum atomic E-state index is 0.222. The third-order valence-corrected chi connectivity index (χ3v) is 5.55. The maximum absolute atomic E-state index is 5.86. The molecule has 1 unspecified atom stereocenters. The minimum absolute atomic E-state index is 0.222. The predicted octanol–water partition coefficient (Wildman–Crippen LogP) is 1.72. The van der Waals surface area contributed by atoms with E-state index in [1.807, 2.05) is 13.1 Å². The Morgan fingerprint density at radius 1 is 1.31 bits per heavy atom. The van der Waals surface area contributed by atoms with Crippen molar-refractivity contribution in [3.8, 4) is 11.3 Å². The van der Waals surface area contributed by atoms with Crippen LogP contribution in [0.15, 0.2) is 18.7 Å². The maximum atomic E-state index is 5.86. The lowest BCUT2D eigenvalue weighted by Crippen LogP contribution is -2.28. The van der Waals surface area contributed by atoms with Gasteiger partial charge in [0, 0.05) is 50.7 Å². The van der Waals surface area contributed by atoms with Gasteiger partial charge in [0.25, 0.3) is 0 Å². The molecule has 2 aliphatic heterocycles. The van der Waals surface area contributed by atoms with Gasteiger partial charge in [-0.15, -0.1) is 5.10 Å². The van der Waals surface area contributed by atoms with E-state index in [0.717, 1.165) is 74.8 Å². The fourth-order valence-corrected chi connectivity index (χ4v) is 4.12. The highest BCUT2D eigenvalue weighted by atomic mass is 16.5. The lowest BCUT2D eigenvalue weighted by atomic mass is 10.1. The van der Waals surface area contributed by atoms with E-state index < -0.39 is 0 Å². The zero-order chi connectivity index (χ0) is 19.6. The first-order valence-electron chi connectivity index (χ1n) is 10.3. The van der Waals surface area contributed by atoms with Crippen LogP contribution in [0.2, 0.25) is 0 Å². The largest absolute Gasteiger partial charge is 0.381 e. The van der Waals surface area contributed by atoms with Crippen LogP contribution in [-0.4, -0.2) is 74.8 Å². The van der Waals surface area contributed by atoms with E-state index in [0.29, 0.717) is 12.0 Å². The zero-order valence-corrected chi connectivity index (χ0v) is 16.5. The molecule has 0 spiro atoms. The molecule has 0 amide bonds. The lowest BCUT2D eigenvalue weighted by molar-refractivity contribution is 0.0788. The maximum Gasteiger partial charge on any atom is 0.243 e. The van der Waals surface area contributed by atoms with E-state index in [-0.39, 0.29) is 6.10 Å². The third-order valence-electron chi connectivity index (χ3n) is 5.55. The van der Waals surface area contributed by atoms with Crippen molar-refractivity contribution in [1.82, 2.24) is 29.8 Å². The Hall–Kier alpha value is -2.72. The molecule has 10 nitrogen and oxygen atoms in total. The van der Waals surface area contributed by atoms with Crippen LogP contribution >= 0.6 is 0 Å². The number of ether oxygens (including phenoxy) is 2. The number of fused-ring (bicyclic) bond motifs is 1. The Morgan fingerprint density at radius 3 is 3.00 bits per heavy atom. The molecule has 5 heterocycles. The summed E-state index contributed by atoms with van der Waals surface area (Å²) in [5, 5.41) is 15.1. The van der Waals surface area contributed by atoms with Crippen molar-refractivity contribution in [3.63, 3.8) is 0 Å². The summed E-state index contributed by atoms with van der Waals surface area (Å²) < 4.78 is 13.1.